The van der Waals surface area contributed by atoms with Crippen LogP contribution in [0.25, 0.3) is 0 Å². The first-order valence-electron chi connectivity index (χ1n) is 7.02. The Bertz CT molecular complexity index is 356. The van der Waals surface area contributed by atoms with Crippen LogP contribution >= 0.6 is 0 Å². The van der Waals surface area contributed by atoms with E-state index in [9.17, 15) is 4.79 Å². The summed E-state index contributed by atoms with van der Waals surface area (Å²) in [4.78, 5) is 11.4. The van der Waals surface area contributed by atoms with Crippen molar-refractivity contribution in [2.45, 2.75) is 45.8 Å². The normalized spacial score (nSPS) is 22.9. The van der Waals surface area contributed by atoms with Gasteiger partial charge in [-0.3, -0.25) is 4.79 Å². The maximum Gasteiger partial charge on any atom is 0.243 e. The predicted octanol–water partition coefficient (Wildman–Crippen LogP) is 2.99. The van der Waals surface area contributed by atoms with E-state index in [0.29, 0.717) is 5.92 Å². The highest BCUT2D eigenvalue weighted by molar-refractivity contribution is 5.87. The van der Waals surface area contributed by atoms with Crippen LogP contribution in [0.1, 0.15) is 33.6 Å². The van der Waals surface area contributed by atoms with Crippen LogP contribution in [0.15, 0.2) is 36.5 Å². The van der Waals surface area contributed by atoms with Crippen molar-refractivity contribution in [3.05, 3.63) is 36.5 Å². The van der Waals surface area contributed by atoms with Gasteiger partial charge in [0.2, 0.25) is 5.91 Å². The van der Waals surface area contributed by atoms with Crippen LogP contribution in [-0.4, -0.2) is 24.7 Å². The van der Waals surface area contributed by atoms with E-state index in [1.807, 2.05) is 13.0 Å². The van der Waals surface area contributed by atoms with Crippen molar-refractivity contribution in [2.24, 2.45) is 5.92 Å². The minimum Gasteiger partial charge on any atom is -0.367 e. The summed E-state index contributed by atoms with van der Waals surface area (Å²) in [5.74, 6) is 0.448. The lowest BCUT2D eigenvalue weighted by molar-refractivity contribution is -0.116. The van der Waals surface area contributed by atoms with E-state index in [1.165, 1.54) is 0 Å². The minimum absolute atomic E-state index is 0.0331. The molecular weight excluding hydrogens is 238 g/mol. The first-order valence-corrected chi connectivity index (χ1v) is 7.02. The number of hydrogen-bond donors (Lipinski definition) is 1. The fourth-order valence-corrected chi connectivity index (χ4v) is 1.75. The van der Waals surface area contributed by atoms with Gasteiger partial charge in [-0.15, -0.1) is 0 Å². The summed E-state index contributed by atoms with van der Waals surface area (Å²) >= 11 is 0. The van der Waals surface area contributed by atoms with Gasteiger partial charge in [-0.05, 0) is 25.7 Å². The van der Waals surface area contributed by atoms with Crippen molar-refractivity contribution < 1.29 is 9.53 Å². The summed E-state index contributed by atoms with van der Waals surface area (Å²) in [5, 5.41) is 2.83. The van der Waals surface area contributed by atoms with Crippen molar-refractivity contribution in [2.75, 3.05) is 6.54 Å². The lowest BCUT2D eigenvalue weighted by Gasteiger charge is -2.08. The van der Waals surface area contributed by atoms with Crippen molar-refractivity contribution in [3.63, 3.8) is 0 Å². The zero-order valence-corrected chi connectivity index (χ0v) is 12.1. The van der Waals surface area contributed by atoms with Gasteiger partial charge < -0.3 is 10.1 Å². The van der Waals surface area contributed by atoms with Crippen LogP contribution in [0.2, 0.25) is 0 Å². The molecule has 106 valence electrons. The van der Waals surface area contributed by atoms with Gasteiger partial charge in [0, 0.05) is 12.6 Å². The molecule has 2 unspecified atom stereocenters. The van der Waals surface area contributed by atoms with Crippen molar-refractivity contribution >= 4 is 5.91 Å². The third-order valence-corrected chi connectivity index (χ3v) is 2.78. The molecule has 3 nitrogen and oxygen atoms in total. The summed E-state index contributed by atoms with van der Waals surface area (Å²) in [5.41, 5.74) is 0. The molecule has 0 saturated heterocycles. The van der Waals surface area contributed by atoms with E-state index >= 15 is 0 Å². The van der Waals surface area contributed by atoms with Gasteiger partial charge >= 0.3 is 0 Å². The van der Waals surface area contributed by atoms with Gasteiger partial charge in [0.15, 0.2) is 0 Å². The Morgan fingerprint density at radius 2 is 2.16 bits per heavy atom. The van der Waals surface area contributed by atoms with Crippen LogP contribution in [0.5, 0.6) is 0 Å². The standard InChI is InChI=1S/C16H25NO2/c1-13(2)12-17-16(18)9-7-5-4-6-8-15-11-10-14(3)19-15/h4-5,7,9-11,13-15H,6,8,12H2,1-3H3,(H,17,18)/b5-4+,9-7+. The number of amides is 1. The summed E-state index contributed by atoms with van der Waals surface area (Å²) in [6, 6.07) is 0. The Kier molecular flexibility index (Phi) is 7.19. The summed E-state index contributed by atoms with van der Waals surface area (Å²) < 4.78 is 5.63. The molecule has 1 heterocycles. The smallest absolute Gasteiger partial charge is 0.243 e. The zero-order chi connectivity index (χ0) is 14.1. The highest BCUT2D eigenvalue weighted by atomic mass is 16.5. The fraction of sp³-hybridized carbons (Fsp3) is 0.562. The largest absolute Gasteiger partial charge is 0.367 e. The maximum absolute atomic E-state index is 11.4. The number of carbonyl (C=O) groups is 1. The fourth-order valence-electron chi connectivity index (χ4n) is 1.75. The van der Waals surface area contributed by atoms with Gasteiger partial charge in [0.05, 0.1) is 12.2 Å². The molecule has 1 amide bonds. The minimum atomic E-state index is -0.0331. The predicted molar refractivity (Wildman–Crippen MR) is 78.8 cm³/mol. The van der Waals surface area contributed by atoms with Crippen LogP contribution in [0.3, 0.4) is 0 Å². The summed E-state index contributed by atoms with van der Waals surface area (Å²) in [7, 11) is 0. The molecule has 0 fully saturated rings. The molecule has 1 rings (SSSR count). The molecule has 0 radical (unpaired) electrons. The molecule has 0 aliphatic carbocycles. The topological polar surface area (TPSA) is 38.3 Å². The molecule has 0 bridgehead atoms. The second kappa shape index (κ2) is 8.70. The van der Waals surface area contributed by atoms with Gasteiger partial charge in [-0.2, -0.15) is 0 Å². The molecule has 1 aliphatic heterocycles. The van der Waals surface area contributed by atoms with Crippen LogP contribution < -0.4 is 5.32 Å². The SMILES string of the molecule is CC(C)CNC(=O)/C=C/C=C/CCC1C=CC(C)O1. The highest BCUT2D eigenvalue weighted by Gasteiger charge is 2.13. The molecule has 0 aromatic heterocycles. The number of rotatable bonds is 7. The maximum atomic E-state index is 11.4. The molecule has 0 aromatic carbocycles. The lowest BCUT2D eigenvalue weighted by Crippen LogP contribution is -2.25. The number of hydrogen-bond acceptors (Lipinski definition) is 2. The van der Waals surface area contributed by atoms with E-state index in [0.717, 1.165) is 19.4 Å². The second-order valence-electron chi connectivity index (χ2n) is 5.27. The average molecular weight is 263 g/mol. The number of ether oxygens (including phenoxy) is 1. The average Bonchev–Trinajstić information content (AvgIpc) is 2.77. The molecule has 2 atom stereocenters. The monoisotopic (exact) mass is 263 g/mol. The highest BCUT2D eigenvalue weighted by Crippen LogP contribution is 2.15. The molecule has 0 spiro atoms. The van der Waals surface area contributed by atoms with Crippen LogP contribution in [-0.2, 0) is 9.53 Å². The molecule has 1 N–H and O–H groups in total. The van der Waals surface area contributed by atoms with Gasteiger partial charge in [0.25, 0.3) is 0 Å². The van der Waals surface area contributed by atoms with Gasteiger partial charge in [0.1, 0.15) is 0 Å². The summed E-state index contributed by atoms with van der Waals surface area (Å²) in [6.45, 7) is 6.91. The van der Waals surface area contributed by atoms with Crippen LogP contribution in [0.4, 0.5) is 0 Å². The number of allylic oxidation sites excluding steroid dienone is 3. The van der Waals surface area contributed by atoms with Crippen molar-refractivity contribution in [3.8, 4) is 0 Å². The van der Waals surface area contributed by atoms with E-state index in [4.69, 9.17) is 4.74 Å². The Hall–Kier alpha value is -1.35. The van der Waals surface area contributed by atoms with Gasteiger partial charge in [-0.25, -0.2) is 0 Å². The second-order valence-corrected chi connectivity index (χ2v) is 5.27. The Morgan fingerprint density at radius 1 is 1.37 bits per heavy atom. The first-order chi connectivity index (χ1) is 9.08. The lowest BCUT2D eigenvalue weighted by atomic mass is 10.2. The molecule has 3 heteroatoms. The first kappa shape index (κ1) is 15.7. The molecular formula is C16H25NO2. The number of nitrogens with one attached hydrogen (secondary N) is 1. The molecule has 0 aromatic rings. The number of carbonyl (C=O) groups excluding carboxylic acids is 1. The molecule has 0 saturated carbocycles. The van der Waals surface area contributed by atoms with E-state index in [1.54, 1.807) is 12.2 Å². The van der Waals surface area contributed by atoms with E-state index in [-0.39, 0.29) is 18.1 Å². The van der Waals surface area contributed by atoms with Crippen molar-refractivity contribution in [1.82, 2.24) is 5.32 Å². The molecule has 19 heavy (non-hydrogen) atoms. The third-order valence-electron chi connectivity index (χ3n) is 2.78. The van der Waals surface area contributed by atoms with E-state index in [2.05, 4.69) is 37.4 Å². The quantitative estimate of drug-likeness (QED) is 0.435. The Labute approximate surface area is 116 Å². The van der Waals surface area contributed by atoms with Gasteiger partial charge in [-0.1, -0.05) is 44.2 Å². The third kappa shape index (κ3) is 7.62. The van der Waals surface area contributed by atoms with E-state index < -0.39 is 0 Å². The Balaban J connectivity index is 2.09. The summed E-state index contributed by atoms with van der Waals surface area (Å²) in [6.07, 6.45) is 14.0. The Morgan fingerprint density at radius 3 is 2.79 bits per heavy atom. The van der Waals surface area contributed by atoms with Crippen molar-refractivity contribution in [1.29, 1.82) is 0 Å². The molecule has 1 aliphatic rings. The zero-order valence-electron chi connectivity index (χ0n) is 12.1. The van der Waals surface area contributed by atoms with Crippen LogP contribution in [0, 0.1) is 5.92 Å².